The number of benzene rings is 1. The summed E-state index contributed by atoms with van der Waals surface area (Å²) in [5.74, 6) is 0. The van der Waals surface area contributed by atoms with Crippen molar-refractivity contribution < 1.29 is 4.79 Å². The number of hydrogen-bond acceptors (Lipinski definition) is 2. The summed E-state index contributed by atoms with van der Waals surface area (Å²) in [5, 5.41) is 5.21. The first-order valence-electron chi connectivity index (χ1n) is 4.45. The van der Waals surface area contributed by atoms with Crippen molar-refractivity contribution in [2.24, 2.45) is 5.73 Å². The maximum Gasteiger partial charge on any atom is 0.318 e. The number of anilines is 1. The van der Waals surface area contributed by atoms with Crippen LogP contribution in [0.4, 0.5) is 10.5 Å². The van der Waals surface area contributed by atoms with E-state index in [-0.39, 0.29) is 6.03 Å². The number of nitrogens with one attached hydrogen (secondary N) is 2. The standard InChI is InChI=1S/C10H15N3O/c1-7-5-8(6-11)3-4-9(7)13-10(14)12-2/h3-5H,6,11H2,1-2H3,(H2,12,13,14). The van der Waals surface area contributed by atoms with Gasteiger partial charge < -0.3 is 16.4 Å². The lowest BCUT2D eigenvalue weighted by atomic mass is 10.1. The molecule has 76 valence electrons. The number of rotatable bonds is 2. The first-order chi connectivity index (χ1) is 6.67. The SMILES string of the molecule is CNC(=O)Nc1ccc(CN)cc1C. The minimum absolute atomic E-state index is 0.214. The molecule has 4 heteroatoms. The van der Waals surface area contributed by atoms with Gasteiger partial charge in [-0.3, -0.25) is 0 Å². The largest absolute Gasteiger partial charge is 0.341 e. The van der Waals surface area contributed by atoms with Gasteiger partial charge in [-0.2, -0.15) is 0 Å². The van der Waals surface area contributed by atoms with E-state index in [1.807, 2.05) is 25.1 Å². The maximum absolute atomic E-state index is 11.0. The Morgan fingerprint density at radius 2 is 2.21 bits per heavy atom. The predicted molar refractivity (Wildman–Crippen MR) is 57.1 cm³/mol. The van der Waals surface area contributed by atoms with E-state index in [0.29, 0.717) is 6.54 Å². The normalized spacial score (nSPS) is 9.64. The second-order valence-corrected chi connectivity index (χ2v) is 3.06. The van der Waals surface area contributed by atoms with E-state index in [4.69, 9.17) is 5.73 Å². The molecule has 1 aromatic rings. The zero-order chi connectivity index (χ0) is 10.6. The Bertz CT molecular complexity index is 336. The molecule has 0 aliphatic heterocycles. The van der Waals surface area contributed by atoms with E-state index in [0.717, 1.165) is 16.8 Å². The molecule has 0 fully saturated rings. The van der Waals surface area contributed by atoms with Crippen molar-refractivity contribution in [2.75, 3.05) is 12.4 Å². The lowest BCUT2D eigenvalue weighted by Crippen LogP contribution is -2.24. The quantitative estimate of drug-likeness (QED) is 0.660. The van der Waals surface area contributed by atoms with Crippen molar-refractivity contribution in [3.05, 3.63) is 29.3 Å². The van der Waals surface area contributed by atoms with Crippen LogP contribution in [0, 0.1) is 6.92 Å². The Kier molecular flexibility index (Phi) is 3.48. The van der Waals surface area contributed by atoms with Gasteiger partial charge in [0, 0.05) is 19.3 Å². The summed E-state index contributed by atoms with van der Waals surface area (Å²) in [6.45, 7) is 2.45. The molecule has 14 heavy (non-hydrogen) atoms. The molecule has 0 spiro atoms. The van der Waals surface area contributed by atoms with Crippen LogP contribution in [-0.4, -0.2) is 13.1 Å². The molecule has 0 heterocycles. The second kappa shape index (κ2) is 4.62. The van der Waals surface area contributed by atoms with Crippen LogP contribution in [0.5, 0.6) is 0 Å². The van der Waals surface area contributed by atoms with Gasteiger partial charge in [0.25, 0.3) is 0 Å². The molecule has 0 unspecified atom stereocenters. The Balaban J connectivity index is 2.83. The number of urea groups is 1. The minimum atomic E-state index is -0.214. The highest BCUT2D eigenvalue weighted by molar-refractivity contribution is 5.89. The molecular weight excluding hydrogens is 178 g/mol. The van der Waals surface area contributed by atoms with Gasteiger partial charge in [-0.15, -0.1) is 0 Å². The van der Waals surface area contributed by atoms with E-state index in [2.05, 4.69) is 10.6 Å². The third kappa shape index (κ3) is 2.47. The van der Waals surface area contributed by atoms with Gasteiger partial charge in [-0.25, -0.2) is 4.79 Å². The molecule has 0 aromatic heterocycles. The van der Waals surface area contributed by atoms with Crippen LogP contribution in [-0.2, 0) is 6.54 Å². The van der Waals surface area contributed by atoms with Gasteiger partial charge in [0.1, 0.15) is 0 Å². The summed E-state index contributed by atoms with van der Waals surface area (Å²) < 4.78 is 0. The lowest BCUT2D eigenvalue weighted by molar-refractivity contribution is 0.254. The fraction of sp³-hybridized carbons (Fsp3) is 0.300. The van der Waals surface area contributed by atoms with Gasteiger partial charge in [0.2, 0.25) is 0 Å². The molecule has 4 N–H and O–H groups in total. The van der Waals surface area contributed by atoms with Crippen LogP contribution >= 0.6 is 0 Å². The van der Waals surface area contributed by atoms with Crippen molar-refractivity contribution in [1.29, 1.82) is 0 Å². The van der Waals surface area contributed by atoms with Crippen molar-refractivity contribution >= 4 is 11.7 Å². The van der Waals surface area contributed by atoms with E-state index in [1.165, 1.54) is 0 Å². The van der Waals surface area contributed by atoms with Crippen molar-refractivity contribution in [1.82, 2.24) is 5.32 Å². The molecule has 0 saturated carbocycles. The molecule has 0 saturated heterocycles. The Hall–Kier alpha value is -1.55. The summed E-state index contributed by atoms with van der Waals surface area (Å²) in [5.41, 5.74) is 8.37. The third-order valence-electron chi connectivity index (χ3n) is 2.00. The number of amides is 2. The number of carbonyl (C=O) groups is 1. The highest BCUT2D eigenvalue weighted by Gasteiger charge is 2.02. The molecule has 0 radical (unpaired) electrons. The van der Waals surface area contributed by atoms with Gasteiger partial charge in [-0.1, -0.05) is 12.1 Å². The van der Waals surface area contributed by atoms with Crippen LogP contribution in [0.3, 0.4) is 0 Å². The van der Waals surface area contributed by atoms with Gasteiger partial charge in [-0.05, 0) is 24.1 Å². The first-order valence-corrected chi connectivity index (χ1v) is 4.45. The van der Waals surface area contributed by atoms with Crippen LogP contribution in [0.25, 0.3) is 0 Å². The Morgan fingerprint density at radius 1 is 1.50 bits per heavy atom. The smallest absolute Gasteiger partial charge is 0.318 e. The summed E-state index contributed by atoms with van der Waals surface area (Å²) >= 11 is 0. The molecule has 0 bridgehead atoms. The lowest BCUT2D eigenvalue weighted by Gasteiger charge is -2.08. The van der Waals surface area contributed by atoms with Gasteiger partial charge in [0.05, 0.1) is 0 Å². The fourth-order valence-electron chi connectivity index (χ4n) is 1.18. The summed E-state index contributed by atoms with van der Waals surface area (Å²) in [6, 6.07) is 5.50. The van der Waals surface area contributed by atoms with Crippen LogP contribution in [0.1, 0.15) is 11.1 Å². The topological polar surface area (TPSA) is 67.2 Å². The number of nitrogens with two attached hydrogens (primary N) is 1. The van der Waals surface area contributed by atoms with Crippen LogP contribution in [0.15, 0.2) is 18.2 Å². The Morgan fingerprint density at radius 3 is 2.71 bits per heavy atom. The summed E-state index contributed by atoms with van der Waals surface area (Å²) in [4.78, 5) is 11.0. The van der Waals surface area contributed by atoms with Crippen LogP contribution in [0.2, 0.25) is 0 Å². The molecule has 0 aliphatic rings. The Labute approximate surface area is 83.5 Å². The first kappa shape index (κ1) is 10.5. The predicted octanol–water partition coefficient (Wildman–Crippen LogP) is 1.21. The molecule has 0 atom stereocenters. The second-order valence-electron chi connectivity index (χ2n) is 3.06. The highest BCUT2D eigenvalue weighted by Crippen LogP contribution is 2.15. The van der Waals surface area contributed by atoms with E-state index >= 15 is 0 Å². The van der Waals surface area contributed by atoms with Crippen molar-refractivity contribution in [2.45, 2.75) is 13.5 Å². The third-order valence-corrected chi connectivity index (χ3v) is 2.00. The number of carbonyl (C=O) groups excluding carboxylic acids is 1. The van der Waals surface area contributed by atoms with E-state index < -0.39 is 0 Å². The highest BCUT2D eigenvalue weighted by atomic mass is 16.2. The monoisotopic (exact) mass is 193 g/mol. The fourth-order valence-corrected chi connectivity index (χ4v) is 1.18. The molecule has 0 aliphatic carbocycles. The van der Waals surface area contributed by atoms with Gasteiger partial charge in [0.15, 0.2) is 0 Å². The van der Waals surface area contributed by atoms with Gasteiger partial charge >= 0.3 is 6.03 Å². The van der Waals surface area contributed by atoms with Crippen molar-refractivity contribution in [3.63, 3.8) is 0 Å². The number of hydrogen-bond donors (Lipinski definition) is 3. The molecular formula is C10H15N3O. The molecule has 1 aromatic carbocycles. The average Bonchev–Trinajstić information content (AvgIpc) is 2.20. The van der Waals surface area contributed by atoms with E-state index in [1.54, 1.807) is 7.05 Å². The molecule has 1 rings (SSSR count). The zero-order valence-electron chi connectivity index (χ0n) is 8.42. The van der Waals surface area contributed by atoms with Crippen LogP contribution < -0.4 is 16.4 Å². The maximum atomic E-state index is 11.0. The summed E-state index contributed by atoms with van der Waals surface area (Å²) in [7, 11) is 1.58. The van der Waals surface area contributed by atoms with Crippen molar-refractivity contribution in [3.8, 4) is 0 Å². The number of aryl methyl sites for hydroxylation is 1. The zero-order valence-corrected chi connectivity index (χ0v) is 8.42. The molecule has 4 nitrogen and oxygen atoms in total. The summed E-state index contributed by atoms with van der Waals surface area (Å²) in [6.07, 6.45) is 0. The van der Waals surface area contributed by atoms with E-state index in [9.17, 15) is 4.79 Å². The average molecular weight is 193 g/mol. The molecule has 2 amide bonds. The minimum Gasteiger partial charge on any atom is -0.341 e.